The van der Waals surface area contributed by atoms with E-state index in [0.29, 0.717) is 5.15 Å². The number of methoxy groups -OCH3 is 1. The minimum atomic E-state index is 0.451. The average molecular weight is 344 g/mol. The van der Waals surface area contributed by atoms with Gasteiger partial charge in [-0.2, -0.15) is 5.10 Å². The number of ether oxygens (including phenoxy) is 1. The number of halogens is 1. The van der Waals surface area contributed by atoms with Gasteiger partial charge in [0.1, 0.15) is 16.6 Å². The Bertz CT molecular complexity index is 1050. The van der Waals surface area contributed by atoms with Crippen molar-refractivity contribution in [2.45, 2.75) is 13.8 Å². The highest BCUT2D eigenvalue weighted by Gasteiger charge is 2.14. The van der Waals surface area contributed by atoms with E-state index in [0.717, 1.165) is 22.0 Å². The highest BCUT2D eigenvalue weighted by molar-refractivity contribution is 7.22. The van der Waals surface area contributed by atoms with Gasteiger partial charge in [0.25, 0.3) is 0 Å². The number of fused-ring (bicyclic) bond motifs is 2. The lowest BCUT2D eigenvalue weighted by molar-refractivity contribution is 0.412. The second kappa shape index (κ2) is 5.22. The van der Waals surface area contributed by atoms with Crippen LogP contribution in [0.1, 0.15) is 11.1 Å². The van der Waals surface area contributed by atoms with Gasteiger partial charge in [0.05, 0.1) is 18.2 Å². The van der Waals surface area contributed by atoms with Crippen LogP contribution in [0, 0.1) is 13.8 Å². The second-order valence-corrected chi connectivity index (χ2v) is 6.89. The largest absolute Gasteiger partial charge is 0.496 e. The molecule has 116 valence electrons. The molecule has 0 aliphatic heterocycles. The molecule has 0 radical (unpaired) electrons. The topological polar surface area (TPSA) is 39.4 Å². The molecule has 1 aromatic carbocycles. The van der Waals surface area contributed by atoms with Crippen LogP contribution in [0.25, 0.3) is 26.3 Å². The summed E-state index contributed by atoms with van der Waals surface area (Å²) < 4.78 is 8.45. The SMILES string of the molecule is COc1cc2sc(-c3cnc4ccc(Cl)nn34)cc2c(C)c1C. The number of aromatic nitrogens is 3. The maximum atomic E-state index is 6.03. The minimum Gasteiger partial charge on any atom is -0.496 e. The van der Waals surface area contributed by atoms with Crippen LogP contribution in [-0.2, 0) is 0 Å². The third kappa shape index (κ3) is 2.19. The summed E-state index contributed by atoms with van der Waals surface area (Å²) in [6, 6.07) is 7.89. The predicted octanol–water partition coefficient (Wildman–Crippen LogP) is 4.89. The van der Waals surface area contributed by atoms with E-state index in [1.54, 1.807) is 29.0 Å². The maximum absolute atomic E-state index is 6.03. The van der Waals surface area contributed by atoms with Gasteiger partial charge in [0.15, 0.2) is 5.65 Å². The van der Waals surface area contributed by atoms with Crippen LogP contribution >= 0.6 is 22.9 Å². The zero-order valence-corrected chi connectivity index (χ0v) is 14.5. The molecule has 0 fully saturated rings. The Balaban J connectivity index is 1.98. The third-order valence-electron chi connectivity index (χ3n) is 4.16. The molecular weight excluding hydrogens is 330 g/mol. The maximum Gasteiger partial charge on any atom is 0.154 e. The Morgan fingerprint density at radius 3 is 2.78 bits per heavy atom. The van der Waals surface area contributed by atoms with Gasteiger partial charge >= 0.3 is 0 Å². The van der Waals surface area contributed by atoms with Gasteiger partial charge in [-0.1, -0.05) is 11.6 Å². The summed E-state index contributed by atoms with van der Waals surface area (Å²) in [6.07, 6.45) is 1.84. The molecule has 0 saturated heterocycles. The summed E-state index contributed by atoms with van der Waals surface area (Å²) in [5.41, 5.74) is 4.14. The van der Waals surface area contributed by atoms with Gasteiger partial charge in [0, 0.05) is 4.70 Å². The molecule has 4 aromatic rings. The first-order valence-corrected chi connectivity index (χ1v) is 8.36. The Kier molecular flexibility index (Phi) is 3.28. The molecule has 4 nitrogen and oxygen atoms in total. The molecule has 23 heavy (non-hydrogen) atoms. The van der Waals surface area contributed by atoms with Crippen molar-refractivity contribution in [3.8, 4) is 16.3 Å². The van der Waals surface area contributed by atoms with Gasteiger partial charge in [-0.15, -0.1) is 11.3 Å². The standard InChI is InChI=1S/C17H14ClN3OS/c1-9-10(2)13(22-3)7-14-11(9)6-15(23-14)12-8-19-17-5-4-16(18)20-21(12)17/h4-8H,1-3H3. The fourth-order valence-electron chi connectivity index (χ4n) is 2.78. The second-order valence-electron chi connectivity index (χ2n) is 5.42. The molecule has 0 atom stereocenters. The molecule has 0 aliphatic carbocycles. The van der Waals surface area contributed by atoms with Crippen LogP contribution in [0.15, 0.2) is 30.5 Å². The number of imidazole rings is 1. The van der Waals surface area contributed by atoms with Crippen molar-refractivity contribution < 1.29 is 4.74 Å². The molecule has 3 aromatic heterocycles. The number of aryl methyl sites for hydroxylation is 1. The van der Waals surface area contributed by atoms with E-state index in [1.165, 1.54) is 21.2 Å². The lowest BCUT2D eigenvalue weighted by atomic mass is 10.0. The Morgan fingerprint density at radius 1 is 1.17 bits per heavy atom. The fraction of sp³-hybridized carbons (Fsp3) is 0.176. The van der Waals surface area contributed by atoms with Crippen molar-refractivity contribution in [3.05, 3.63) is 46.7 Å². The fourth-order valence-corrected chi connectivity index (χ4v) is 4.06. The molecule has 0 amide bonds. The van der Waals surface area contributed by atoms with E-state index in [1.807, 2.05) is 12.3 Å². The molecule has 3 heterocycles. The van der Waals surface area contributed by atoms with E-state index in [9.17, 15) is 0 Å². The monoisotopic (exact) mass is 343 g/mol. The number of thiophene rings is 1. The van der Waals surface area contributed by atoms with Crippen molar-refractivity contribution >= 4 is 38.7 Å². The van der Waals surface area contributed by atoms with Gasteiger partial charge in [-0.3, -0.25) is 0 Å². The average Bonchev–Trinajstić information content (AvgIpc) is 3.14. The smallest absolute Gasteiger partial charge is 0.154 e. The van der Waals surface area contributed by atoms with Crippen LogP contribution in [0.2, 0.25) is 5.15 Å². The minimum absolute atomic E-state index is 0.451. The van der Waals surface area contributed by atoms with Crippen LogP contribution in [0.3, 0.4) is 0 Å². The molecule has 4 rings (SSSR count). The quantitative estimate of drug-likeness (QED) is 0.520. The predicted molar refractivity (Wildman–Crippen MR) is 94.8 cm³/mol. The number of benzene rings is 1. The summed E-state index contributed by atoms with van der Waals surface area (Å²) in [4.78, 5) is 5.51. The lowest BCUT2D eigenvalue weighted by Crippen LogP contribution is -1.92. The van der Waals surface area contributed by atoms with Gasteiger partial charge in [-0.05, 0) is 54.6 Å². The van der Waals surface area contributed by atoms with Crippen LogP contribution < -0.4 is 4.74 Å². The normalized spacial score (nSPS) is 11.5. The summed E-state index contributed by atoms with van der Waals surface area (Å²) in [5.74, 6) is 0.919. The first kappa shape index (κ1) is 14.5. The zero-order chi connectivity index (χ0) is 16.1. The van der Waals surface area contributed by atoms with Crippen LogP contribution in [0.5, 0.6) is 5.75 Å². The van der Waals surface area contributed by atoms with Gasteiger partial charge in [-0.25, -0.2) is 9.50 Å². The van der Waals surface area contributed by atoms with E-state index >= 15 is 0 Å². The molecular formula is C17H14ClN3OS. The number of rotatable bonds is 2. The summed E-state index contributed by atoms with van der Waals surface area (Å²) >= 11 is 7.73. The summed E-state index contributed by atoms with van der Waals surface area (Å²) in [6.45, 7) is 4.21. The molecule has 0 saturated carbocycles. The molecule has 6 heteroatoms. The number of hydrogen-bond donors (Lipinski definition) is 0. The summed E-state index contributed by atoms with van der Waals surface area (Å²) in [5, 5.41) is 6.04. The molecule has 0 bridgehead atoms. The number of hydrogen-bond acceptors (Lipinski definition) is 4. The van der Waals surface area contributed by atoms with Crippen molar-refractivity contribution in [1.29, 1.82) is 0 Å². The van der Waals surface area contributed by atoms with Crippen molar-refractivity contribution in [2.75, 3.05) is 7.11 Å². The van der Waals surface area contributed by atoms with Gasteiger partial charge in [0.2, 0.25) is 0 Å². The summed E-state index contributed by atoms with van der Waals surface area (Å²) in [7, 11) is 1.71. The number of nitrogens with zero attached hydrogens (tertiary/aromatic N) is 3. The van der Waals surface area contributed by atoms with E-state index in [-0.39, 0.29) is 0 Å². The Hall–Kier alpha value is -2.11. The highest BCUT2D eigenvalue weighted by atomic mass is 35.5. The third-order valence-corrected chi connectivity index (χ3v) is 5.47. The Morgan fingerprint density at radius 2 is 2.00 bits per heavy atom. The van der Waals surface area contributed by atoms with Crippen molar-refractivity contribution in [3.63, 3.8) is 0 Å². The first-order valence-electron chi connectivity index (χ1n) is 7.17. The highest BCUT2D eigenvalue weighted by Crippen LogP contribution is 2.39. The van der Waals surface area contributed by atoms with E-state index < -0.39 is 0 Å². The molecule has 0 N–H and O–H groups in total. The van der Waals surface area contributed by atoms with Crippen molar-refractivity contribution in [1.82, 2.24) is 14.6 Å². The first-order chi connectivity index (χ1) is 11.1. The molecule has 0 spiro atoms. The van der Waals surface area contributed by atoms with Gasteiger partial charge < -0.3 is 4.74 Å². The zero-order valence-electron chi connectivity index (χ0n) is 12.9. The van der Waals surface area contributed by atoms with E-state index in [2.05, 4.69) is 36.1 Å². The Labute approximate surface area is 142 Å². The molecule has 0 aliphatic rings. The van der Waals surface area contributed by atoms with Crippen molar-refractivity contribution in [2.24, 2.45) is 0 Å². The molecule has 0 unspecified atom stereocenters. The van der Waals surface area contributed by atoms with Crippen LogP contribution in [0.4, 0.5) is 0 Å². The lowest BCUT2D eigenvalue weighted by Gasteiger charge is -2.08. The van der Waals surface area contributed by atoms with Crippen LogP contribution in [-0.4, -0.2) is 21.7 Å². The van der Waals surface area contributed by atoms with E-state index in [4.69, 9.17) is 16.3 Å².